The van der Waals surface area contributed by atoms with Gasteiger partial charge in [-0.05, 0) is 11.6 Å². The van der Waals surface area contributed by atoms with Gasteiger partial charge in [0.1, 0.15) is 0 Å². The lowest BCUT2D eigenvalue weighted by atomic mass is 10.2. The van der Waals surface area contributed by atoms with Crippen LogP contribution in [-0.2, 0) is 6.54 Å². The maximum atomic E-state index is 4.11. The molecule has 0 radical (unpaired) electrons. The molecule has 1 fully saturated rings. The lowest BCUT2D eigenvalue weighted by Crippen LogP contribution is -2.42. The molecule has 2 rings (SSSR count). The number of rotatable bonds is 2. The molecule has 0 aromatic carbocycles. The van der Waals surface area contributed by atoms with E-state index in [9.17, 15) is 0 Å². The van der Waals surface area contributed by atoms with Crippen molar-refractivity contribution in [2.75, 3.05) is 26.2 Å². The number of hydrogen-bond donors (Lipinski definition) is 1. The fourth-order valence-corrected chi connectivity index (χ4v) is 1.62. The van der Waals surface area contributed by atoms with Gasteiger partial charge >= 0.3 is 0 Å². The zero-order chi connectivity index (χ0) is 8.93. The molecule has 1 saturated heterocycles. The average Bonchev–Trinajstić information content (AvgIpc) is 2.21. The number of pyridine rings is 1. The van der Waals surface area contributed by atoms with Crippen molar-refractivity contribution in [1.29, 1.82) is 0 Å². The Morgan fingerprint density at radius 2 is 1.88 bits per heavy atom. The summed E-state index contributed by atoms with van der Waals surface area (Å²) in [7, 11) is 0. The van der Waals surface area contributed by atoms with Crippen LogP contribution in [0.25, 0.3) is 0 Å². The molecule has 2 heterocycles. The Labute approximate surface area is 115 Å². The number of halogens is 3. The van der Waals surface area contributed by atoms with Gasteiger partial charge in [-0.25, -0.2) is 0 Å². The second-order valence-electron chi connectivity index (χ2n) is 3.39. The Kier molecular flexibility index (Phi) is 11.6. The highest BCUT2D eigenvalue weighted by atomic mass is 35.5. The van der Waals surface area contributed by atoms with Gasteiger partial charge in [0.2, 0.25) is 0 Å². The van der Waals surface area contributed by atoms with E-state index in [2.05, 4.69) is 21.3 Å². The first kappa shape index (κ1) is 18.3. The molecule has 0 atom stereocenters. The molecule has 1 aliphatic rings. The highest BCUT2D eigenvalue weighted by Gasteiger charge is 2.08. The summed E-state index contributed by atoms with van der Waals surface area (Å²) in [5.74, 6) is 0. The van der Waals surface area contributed by atoms with Crippen LogP contribution >= 0.6 is 37.2 Å². The van der Waals surface area contributed by atoms with E-state index >= 15 is 0 Å². The van der Waals surface area contributed by atoms with Crippen LogP contribution in [0, 0.1) is 0 Å². The maximum absolute atomic E-state index is 4.11. The van der Waals surface area contributed by atoms with E-state index in [4.69, 9.17) is 0 Å². The molecule has 0 aliphatic carbocycles. The largest absolute Gasteiger partial charge is 0.314 e. The molecule has 1 N–H and O–H groups in total. The fraction of sp³-hybridized carbons (Fsp3) is 0.500. The van der Waals surface area contributed by atoms with Crippen molar-refractivity contribution in [3.8, 4) is 0 Å². The summed E-state index contributed by atoms with van der Waals surface area (Å²) < 4.78 is 0. The second-order valence-corrected chi connectivity index (χ2v) is 3.39. The zero-order valence-corrected chi connectivity index (χ0v) is 11.4. The van der Waals surface area contributed by atoms with Gasteiger partial charge in [0.25, 0.3) is 0 Å². The quantitative estimate of drug-likeness (QED) is 0.898. The molecule has 1 aromatic heterocycles. The molecular weight excluding hydrogens is 268 g/mol. The van der Waals surface area contributed by atoms with Crippen LogP contribution in [0.4, 0.5) is 0 Å². The molecule has 16 heavy (non-hydrogen) atoms. The smallest absolute Gasteiger partial charge is 0.0312 e. The molecule has 94 valence electrons. The maximum Gasteiger partial charge on any atom is 0.0312 e. The Morgan fingerprint density at radius 3 is 2.44 bits per heavy atom. The predicted molar refractivity (Wildman–Crippen MR) is 74.1 cm³/mol. The van der Waals surface area contributed by atoms with Crippen LogP contribution in [-0.4, -0.2) is 36.1 Å². The first-order valence-corrected chi connectivity index (χ1v) is 4.77. The van der Waals surface area contributed by atoms with Gasteiger partial charge in [0, 0.05) is 45.1 Å². The van der Waals surface area contributed by atoms with Gasteiger partial charge in [0.15, 0.2) is 0 Å². The molecule has 1 aliphatic heterocycles. The summed E-state index contributed by atoms with van der Waals surface area (Å²) in [4.78, 5) is 6.56. The van der Waals surface area contributed by atoms with Gasteiger partial charge in [0.05, 0.1) is 0 Å². The summed E-state index contributed by atoms with van der Waals surface area (Å²) in [6.45, 7) is 5.56. The molecule has 6 heteroatoms. The third kappa shape index (κ3) is 5.87. The van der Waals surface area contributed by atoms with E-state index in [0.29, 0.717) is 0 Å². The Hall–Kier alpha value is -0.0600. The van der Waals surface area contributed by atoms with E-state index in [0.717, 1.165) is 32.7 Å². The van der Waals surface area contributed by atoms with Crippen LogP contribution in [0.5, 0.6) is 0 Å². The average molecular weight is 287 g/mol. The highest BCUT2D eigenvalue weighted by Crippen LogP contribution is 2.02. The van der Waals surface area contributed by atoms with E-state index in [1.54, 1.807) is 0 Å². The molecular formula is C10H18Cl3N3. The van der Waals surface area contributed by atoms with Gasteiger partial charge in [-0.2, -0.15) is 0 Å². The number of aromatic nitrogens is 1. The number of nitrogens with one attached hydrogen (secondary N) is 1. The Balaban J connectivity index is 0. The van der Waals surface area contributed by atoms with Gasteiger partial charge in [-0.1, -0.05) is 6.07 Å². The van der Waals surface area contributed by atoms with Crippen LogP contribution in [0.15, 0.2) is 24.5 Å². The number of nitrogens with zero attached hydrogens (tertiary/aromatic N) is 2. The second kappa shape index (κ2) is 10.1. The topological polar surface area (TPSA) is 28.2 Å². The van der Waals surface area contributed by atoms with Crippen molar-refractivity contribution in [2.45, 2.75) is 6.54 Å². The number of hydrogen-bond acceptors (Lipinski definition) is 3. The summed E-state index contributed by atoms with van der Waals surface area (Å²) in [6, 6.07) is 4.13. The minimum atomic E-state index is 0. The lowest BCUT2D eigenvalue weighted by molar-refractivity contribution is 0.233. The highest BCUT2D eigenvalue weighted by molar-refractivity contribution is 5.86. The molecule has 0 spiro atoms. The summed E-state index contributed by atoms with van der Waals surface area (Å²) in [6.07, 6.45) is 3.77. The molecule has 0 bridgehead atoms. The Morgan fingerprint density at radius 1 is 1.19 bits per heavy atom. The van der Waals surface area contributed by atoms with Gasteiger partial charge in [-0.15, -0.1) is 37.2 Å². The van der Waals surface area contributed by atoms with Gasteiger partial charge < -0.3 is 5.32 Å². The molecule has 1 aromatic rings. The van der Waals surface area contributed by atoms with Crippen molar-refractivity contribution in [1.82, 2.24) is 15.2 Å². The van der Waals surface area contributed by atoms with Crippen molar-refractivity contribution < 1.29 is 0 Å². The Bertz CT molecular complexity index is 253. The molecule has 0 unspecified atom stereocenters. The molecule has 0 amide bonds. The molecule has 3 nitrogen and oxygen atoms in total. The third-order valence-corrected chi connectivity index (χ3v) is 2.34. The van der Waals surface area contributed by atoms with E-state index < -0.39 is 0 Å². The predicted octanol–water partition coefficient (Wildman–Crippen LogP) is 1.75. The summed E-state index contributed by atoms with van der Waals surface area (Å²) in [5.41, 5.74) is 1.31. The van der Waals surface area contributed by atoms with Crippen molar-refractivity contribution >= 4 is 37.2 Å². The standard InChI is InChI=1S/C10H15N3.3ClH/c1-2-10(8-12-3-1)9-13-6-4-11-5-7-13;;;/h1-3,8,11H,4-7,9H2;3*1H. The van der Waals surface area contributed by atoms with Gasteiger partial charge in [-0.3, -0.25) is 9.88 Å². The van der Waals surface area contributed by atoms with E-state index in [1.165, 1.54) is 5.56 Å². The SMILES string of the molecule is Cl.Cl.Cl.c1cncc(CN2CCNCC2)c1. The van der Waals surface area contributed by atoms with Crippen LogP contribution in [0.2, 0.25) is 0 Å². The van der Waals surface area contributed by atoms with Crippen LogP contribution in [0.1, 0.15) is 5.56 Å². The minimum absolute atomic E-state index is 0. The fourth-order valence-electron chi connectivity index (χ4n) is 1.62. The summed E-state index contributed by atoms with van der Waals surface area (Å²) >= 11 is 0. The summed E-state index contributed by atoms with van der Waals surface area (Å²) in [5, 5.41) is 3.34. The minimum Gasteiger partial charge on any atom is -0.314 e. The molecule has 0 saturated carbocycles. The van der Waals surface area contributed by atoms with Crippen LogP contribution in [0.3, 0.4) is 0 Å². The van der Waals surface area contributed by atoms with E-state index in [1.807, 2.05) is 18.5 Å². The normalized spacial score (nSPS) is 15.2. The third-order valence-electron chi connectivity index (χ3n) is 2.34. The zero-order valence-electron chi connectivity index (χ0n) is 8.96. The van der Waals surface area contributed by atoms with Crippen LogP contribution < -0.4 is 5.32 Å². The van der Waals surface area contributed by atoms with E-state index in [-0.39, 0.29) is 37.2 Å². The monoisotopic (exact) mass is 285 g/mol. The lowest BCUT2D eigenvalue weighted by Gasteiger charge is -2.26. The first-order chi connectivity index (χ1) is 6.45. The van der Waals surface area contributed by atoms with Crippen molar-refractivity contribution in [3.63, 3.8) is 0 Å². The van der Waals surface area contributed by atoms with Crippen molar-refractivity contribution in [3.05, 3.63) is 30.1 Å². The first-order valence-electron chi connectivity index (χ1n) is 4.77. The number of piperazine rings is 1. The van der Waals surface area contributed by atoms with Crippen molar-refractivity contribution in [2.24, 2.45) is 0 Å².